The Morgan fingerprint density at radius 2 is 1.89 bits per heavy atom. The van der Waals surface area contributed by atoms with E-state index in [0.717, 1.165) is 17.0 Å². The molecule has 0 saturated carbocycles. The smallest absolute Gasteiger partial charge is 0.310 e. The van der Waals surface area contributed by atoms with Gasteiger partial charge in [-0.25, -0.2) is 0 Å². The number of rotatable bonds is 7. The lowest BCUT2D eigenvalue weighted by atomic mass is 10.1. The van der Waals surface area contributed by atoms with Crippen molar-refractivity contribution >= 4 is 34.5 Å². The van der Waals surface area contributed by atoms with Crippen molar-refractivity contribution in [1.82, 2.24) is 0 Å². The highest BCUT2D eigenvalue weighted by Crippen LogP contribution is 2.33. The quantitative estimate of drug-likeness (QED) is 0.569. The third-order valence-corrected chi connectivity index (χ3v) is 7.20. The maximum absolute atomic E-state index is 11.3. The van der Waals surface area contributed by atoms with E-state index in [2.05, 4.69) is 0 Å². The number of carbonyl (C=O) groups excluding carboxylic acids is 1. The first kappa shape index (κ1) is 16.7. The molecule has 0 N–H and O–H groups in total. The fraction of sp³-hybridized carbons (Fsp3) is 0.417. The largest absolute Gasteiger partial charge is 0.466 e. The number of benzene rings is 1. The molecule has 0 aromatic heterocycles. The van der Waals surface area contributed by atoms with Crippen molar-refractivity contribution in [3.8, 4) is 0 Å². The fourth-order valence-electron chi connectivity index (χ4n) is 1.25. The third kappa shape index (κ3) is 6.54. The zero-order valence-corrected chi connectivity index (χ0v) is 13.6. The van der Waals surface area contributed by atoms with Crippen LogP contribution < -0.4 is 0 Å². The molecule has 0 saturated heterocycles. The molecule has 0 bridgehead atoms. The summed E-state index contributed by atoms with van der Waals surface area (Å²) in [5.41, 5.74) is 0.956. The molecule has 1 aromatic rings. The first-order chi connectivity index (χ1) is 9.19. The van der Waals surface area contributed by atoms with Crippen molar-refractivity contribution in [2.24, 2.45) is 0 Å². The maximum Gasteiger partial charge on any atom is 0.310 e. The molecular formula is C12H17O4PS2. The number of ether oxygens (including phenoxy) is 1. The molecule has 0 radical (unpaired) electrons. The van der Waals surface area contributed by atoms with Gasteiger partial charge in [0.25, 0.3) is 0 Å². The summed E-state index contributed by atoms with van der Waals surface area (Å²) in [6, 6.07) is 7.84. The van der Waals surface area contributed by atoms with Crippen molar-refractivity contribution < 1.29 is 17.9 Å². The Balaban J connectivity index is 2.56. The van der Waals surface area contributed by atoms with Crippen molar-refractivity contribution in [1.29, 1.82) is 0 Å². The molecule has 4 nitrogen and oxygen atoms in total. The van der Waals surface area contributed by atoms with Gasteiger partial charge in [-0.15, -0.1) is 0 Å². The summed E-state index contributed by atoms with van der Waals surface area (Å²) in [6.45, 7) is 3.23. The van der Waals surface area contributed by atoms with Crippen molar-refractivity contribution in [3.05, 3.63) is 29.8 Å². The second kappa shape index (κ2) is 9.50. The van der Waals surface area contributed by atoms with Crippen molar-refractivity contribution in [3.63, 3.8) is 0 Å². The minimum Gasteiger partial charge on any atom is -0.466 e. The molecule has 0 aliphatic carbocycles. The Labute approximate surface area is 121 Å². The van der Waals surface area contributed by atoms with Crippen LogP contribution in [0, 0.1) is 0 Å². The molecular weight excluding hydrogens is 303 g/mol. The van der Waals surface area contributed by atoms with E-state index in [9.17, 15) is 4.79 Å². The van der Waals surface area contributed by atoms with Gasteiger partial charge in [0.2, 0.25) is 0 Å². The molecule has 0 aliphatic heterocycles. The molecule has 0 unspecified atom stereocenters. The molecule has 0 atom stereocenters. The molecule has 7 heteroatoms. The molecule has 0 spiro atoms. The molecule has 0 amide bonds. The summed E-state index contributed by atoms with van der Waals surface area (Å²) >= 11 is 1.63. The first-order valence-electron chi connectivity index (χ1n) is 5.65. The van der Waals surface area contributed by atoms with Gasteiger partial charge in [-0.1, -0.05) is 23.5 Å². The molecule has 106 valence electrons. The SMILES string of the molecule is CCOC(=O)Cc1ccc(SP=S(OC)OC)cc1. The van der Waals surface area contributed by atoms with Crippen LogP contribution in [0.2, 0.25) is 0 Å². The Morgan fingerprint density at radius 3 is 2.42 bits per heavy atom. The van der Waals surface area contributed by atoms with Gasteiger partial charge < -0.3 is 4.74 Å². The minimum absolute atomic E-state index is 0.193. The molecule has 1 aromatic carbocycles. The highest BCUT2D eigenvalue weighted by molar-refractivity contribution is 8.61. The van der Waals surface area contributed by atoms with E-state index in [1.165, 1.54) is 0 Å². The summed E-state index contributed by atoms with van der Waals surface area (Å²) in [4.78, 5) is 12.4. The van der Waals surface area contributed by atoms with E-state index < -0.39 is 10.6 Å². The summed E-state index contributed by atoms with van der Waals surface area (Å²) in [7, 11) is 2.76. The van der Waals surface area contributed by atoms with Crippen LogP contribution in [-0.4, -0.2) is 26.8 Å². The monoisotopic (exact) mass is 320 g/mol. The first-order valence-corrected chi connectivity index (χ1v) is 9.65. The summed E-state index contributed by atoms with van der Waals surface area (Å²) < 4.78 is 15.2. The predicted molar refractivity (Wildman–Crippen MR) is 80.9 cm³/mol. The van der Waals surface area contributed by atoms with Crippen molar-refractivity contribution in [2.45, 2.75) is 18.2 Å². The molecule has 0 fully saturated rings. The molecule has 0 heterocycles. The second-order valence-electron chi connectivity index (χ2n) is 3.34. The highest BCUT2D eigenvalue weighted by atomic mass is 32.9. The van der Waals surface area contributed by atoms with Crippen LogP contribution in [0.25, 0.3) is 0 Å². The number of hydrogen-bond donors (Lipinski definition) is 0. The van der Waals surface area contributed by atoms with Crippen LogP contribution in [0.5, 0.6) is 0 Å². The molecule has 0 aliphatic rings. The van der Waals surface area contributed by atoms with E-state index in [4.69, 9.17) is 13.1 Å². The van der Waals surface area contributed by atoms with Gasteiger partial charge in [-0.3, -0.25) is 13.2 Å². The van der Waals surface area contributed by atoms with Gasteiger partial charge in [0.05, 0.1) is 33.8 Å². The van der Waals surface area contributed by atoms with Gasteiger partial charge in [0.1, 0.15) is 10.6 Å². The van der Waals surface area contributed by atoms with Gasteiger partial charge in [0.15, 0.2) is 0 Å². The lowest BCUT2D eigenvalue weighted by Crippen LogP contribution is -2.07. The van der Waals surface area contributed by atoms with Crippen LogP contribution in [0.3, 0.4) is 0 Å². The summed E-state index contributed by atoms with van der Waals surface area (Å²) in [6.07, 6.45) is 0.316. The van der Waals surface area contributed by atoms with Gasteiger partial charge >= 0.3 is 5.97 Å². The van der Waals surface area contributed by atoms with E-state index >= 15 is 0 Å². The van der Waals surface area contributed by atoms with Crippen LogP contribution in [-0.2, 0) is 35.0 Å². The third-order valence-electron chi connectivity index (χ3n) is 2.07. The standard InChI is InChI=1S/C12H17O4PS2/c1-4-16-12(13)9-10-5-7-11(8-6-10)18-17-19(14-2)15-3/h5-8H,4,9H2,1-3H3. The zero-order chi connectivity index (χ0) is 14.1. The Morgan fingerprint density at radius 1 is 1.26 bits per heavy atom. The Kier molecular flexibility index (Phi) is 8.34. The number of esters is 1. The van der Waals surface area contributed by atoms with Gasteiger partial charge in [0, 0.05) is 4.90 Å². The van der Waals surface area contributed by atoms with Crippen LogP contribution >= 0.6 is 17.9 Å². The van der Waals surface area contributed by atoms with Gasteiger partial charge in [-0.2, -0.15) is 0 Å². The van der Waals surface area contributed by atoms with Crippen LogP contribution in [0.15, 0.2) is 29.2 Å². The number of hydrogen-bond acceptors (Lipinski definition) is 5. The normalized spacial score (nSPS) is 10.9. The lowest BCUT2D eigenvalue weighted by molar-refractivity contribution is -0.142. The van der Waals surface area contributed by atoms with E-state index in [1.807, 2.05) is 24.3 Å². The Bertz CT molecular complexity index is 428. The summed E-state index contributed by atoms with van der Waals surface area (Å²) in [5, 5.41) is 0. The average molecular weight is 320 g/mol. The highest BCUT2D eigenvalue weighted by Gasteiger charge is 2.03. The topological polar surface area (TPSA) is 44.8 Å². The van der Waals surface area contributed by atoms with Crippen molar-refractivity contribution in [2.75, 3.05) is 20.8 Å². The van der Waals surface area contributed by atoms with E-state index in [0.29, 0.717) is 13.0 Å². The van der Waals surface area contributed by atoms with E-state index in [-0.39, 0.29) is 5.97 Å². The average Bonchev–Trinajstić information content (AvgIpc) is 2.42. The second-order valence-corrected chi connectivity index (χ2v) is 8.48. The number of carbonyl (C=O) groups is 1. The lowest BCUT2D eigenvalue weighted by Gasteiger charge is -2.03. The van der Waals surface area contributed by atoms with E-state index in [1.54, 1.807) is 32.5 Å². The van der Waals surface area contributed by atoms with Gasteiger partial charge in [-0.05, 0) is 24.6 Å². The minimum atomic E-state index is -0.495. The zero-order valence-electron chi connectivity index (χ0n) is 11.1. The predicted octanol–water partition coefficient (Wildman–Crippen LogP) is 3.40. The maximum atomic E-state index is 11.3. The van der Waals surface area contributed by atoms with Crippen LogP contribution in [0.4, 0.5) is 0 Å². The summed E-state index contributed by atoms with van der Waals surface area (Å²) in [5.74, 6) is -0.193. The van der Waals surface area contributed by atoms with Crippen LogP contribution in [0.1, 0.15) is 12.5 Å². The Hall–Kier alpha value is -0.390. The fourth-order valence-corrected chi connectivity index (χ4v) is 5.50. The molecule has 1 rings (SSSR count). The molecule has 19 heavy (non-hydrogen) atoms.